The highest BCUT2D eigenvalue weighted by atomic mass is 16.5. The Kier molecular flexibility index (Phi) is 5.40. The fourth-order valence-electron chi connectivity index (χ4n) is 2.43. The molecule has 0 heterocycles. The highest BCUT2D eigenvalue weighted by molar-refractivity contribution is 5.73. The zero-order valence-corrected chi connectivity index (χ0v) is 13.4. The molecule has 0 spiro atoms. The number of para-hydroxylation sites is 1. The van der Waals surface area contributed by atoms with Crippen molar-refractivity contribution in [2.24, 2.45) is 0 Å². The summed E-state index contributed by atoms with van der Waals surface area (Å²) >= 11 is 0. The first-order valence-corrected chi connectivity index (χ1v) is 7.67. The van der Waals surface area contributed by atoms with Crippen LogP contribution in [0.1, 0.15) is 31.9 Å². The number of rotatable bonds is 6. The van der Waals surface area contributed by atoms with Gasteiger partial charge in [-0.05, 0) is 36.6 Å². The van der Waals surface area contributed by atoms with E-state index in [1.807, 2.05) is 19.1 Å². The van der Waals surface area contributed by atoms with Crippen molar-refractivity contribution >= 4 is 0 Å². The van der Waals surface area contributed by atoms with Gasteiger partial charge in [0.25, 0.3) is 0 Å². The van der Waals surface area contributed by atoms with Crippen LogP contribution in [0.5, 0.6) is 5.75 Å². The molecule has 112 valence electrons. The van der Waals surface area contributed by atoms with Crippen LogP contribution < -0.4 is 10.1 Å². The summed E-state index contributed by atoms with van der Waals surface area (Å²) in [7, 11) is 0. The van der Waals surface area contributed by atoms with E-state index in [0.29, 0.717) is 12.6 Å². The molecule has 0 fully saturated rings. The van der Waals surface area contributed by atoms with E-state index in [2.05, 4.69) is 56.4 Å². The zero-order valence-electron chi connectivity index (χ0n) is 13.4. The van der Waals surface area contributed by atoms with E-state index < -0.39 is 0 Å². The van der Waals surface area contributed by atoms with Crippen molar-refractivity contribution in [3.8, 4) is 16.9 Å². The van der Waals surface area contributed by atoms with Gasteiger partial charge in [0.05, 0.1) is 6.61 Å². The summed E-state index contributed by atoms with van der Waals surface area (Å²) in [4.78, 5) is 0. The normalized spacial score (nSPS) is 10.9. The number of aryl methyl sites for hydroxylation is 1. The molecule has 0 aliphatic heterocycles. The van der Waals surface area contributed by atoms with E-state index >= 15 is 0 Å². The molecule has 2 nitrogen and oxygen atoms in total. The van der Waals surface area contributed by atoms with Crippen LogP contribution in [0.4, 0.5) is 0 Å². The van der Waals surface area contributed by atoms with Crippen molar-refractivity contribution in [1.29, 1.82) is 0 Å². The second-order valence-corrected chi connectivity index (χ2v) is 5.61. The maximum Gasteiger partial charge on any atom is 0.127 e. The Morgan fingerprint density at radius 1 is 1.05 bits per heavy atom. The highest BCUT2D eigenvalue weighted by Crippen LogP contribution is 2.32. The second-order valence-electron chi connectivity index (χ2n) is 5.61. The molecule has 0 radical (unpaired) electrons. The molecule has 2 aromatic rings. The number of hydrogen-bond donors (Lipinski definition) is 1. The summed E-state index contributed by atoms with van der Waals surface area (Å²) in [6.45, 7) is 10.1. The lowest BCUT2D eigenvalue weighted by Gasteiger charge is -2.14. The summed E-state index contributed by atoms with van der Waals surface area (Å²) in [5.41, 5.74) is 5.01. The van der Waals surface area contributed by atoms with E-state index in [4.69, 9.17) is 4.74 Å². The van der Waals surface area contributed by atoms with Gasteiger partial charge in [-0.1, -0.05) is 50.2 Å². The maximum atomic E-state index is 5.74. The molecule has 0 aliphatic rings. The Morgan fingerprint density at radius 3 is 2.48 bits per heavy atom. The molecule has 0 unspecified atom stereocenters. The third-order valence-corrected chi connectivity index (χ3v) is 3.48. The van der Waals surface area contributed by atoms with Crippen molar-refractivity contribution in [3.63, 3.8) is 0 Å². The first kappa shape index (κ1) is 15.6. The van der Waals surface area contributed by atoms with Crippen molar-refractivity contribution in [3.05, 3.63) is 53.6 Å². The molecule has 21 heavy (non-hydrogen) atoms. The van der Waals surface area contributed by atoms with E-state index in [1.54, 1.807) is 0 Å². The van der Waals surface area contributed by atoms with Crippen LogP contribution in [0.15, 0.2) is 42.5 Å². The van der Waals surface area contributed by atoms with Crippen molar-refractivity contribution < 1.29 is 4.74 Å². The minimum absolute atomic E-state index is 0.503. The minimum atomic E-state index is 0.503. The average molecular weight is 283 g/mol. The lowest BCUT2D eigenvalue weighted by molar-refractivity contribution is 0.341. The molecule has 1 N–H and O–H groups in total. The van der Waals surface area contributed by atoms with Gasteiger partial charge in [-0.2, -0.15) is 0 Å². The van der Waals surface area contributed by atoms with Gasteiger partial charge in [-0.25, -0.2) is 0 Å². The highest BCUT2D eigenvalue weighted by Gasteiger charge is 2.08. The number of ether oxygens (including phenoxy) is 1. The lowest BCUT2D eigenvalue weighted by atomic mass is 9.97. The molecule has 0 saturated heterocycles. The van der Waals surface area contributed by atoms with E-state index in [0.717, 1.165) is 12.3 Å². The van der Waals surface area contributed by atoms with Crippen LogP contribution in [0.25, 0.3) is 11.1 Å². The Hall–Kier alpha value is -1.80. The number of hydrogen-bond acceptors (Lipinski definition) is 2. The van der Waals surface area contributed by atoms with Gasteiger partial charge >= 0.3 is 0 Å². The van der Waals surface area contributed by atoms with Gasteiger partial charge in [0, 0.05) is 18.2 Å². The molecule has 0 aliphatic carbocycles. The van der Waals surface area contributed by atoms with Crippen LogP contribution in [0, 0.1) is 6.92 Å². The molecule has 0 amide bonds. The molecule has 0 atom stereocenters. The van der Waals surface area contributed by atoms with Crippen molar-refractivity contribution in [1.82, 2.24) is 5.32 Å². The van der Waals surface area contributed by atoms with Gasteiger partial charge in [0.15, 0.2) is 0 Å². The summed E-state index contributed by atoms with van der Waals surface area (Å²) in [6, 6.07) is 15.4. The van der Waals surface area contributed by atoms with Gasteiger partial charge in [-0.3, -0.25) is 0 Å². The lowest BCUT2D eigenvalue weighted by Crippen LogP contribution is -2.21. The smallest absolute Gasteiger partial charge is 0.127 e. The average Bonchev–Trinajstić information content (AvgIpc) is 2.46. The van der Waals surface area contributed by atoms with Crippen LogP contribution in [0.3, 0.4) is 0 Å². The summed E-state index contributed by atoms with van der Waals surface area (Å²) in [6.07, 6.45) is 0. The summed E-state index contributed by atoms with van der Waals surface area (Å²) < 4.78 is 5.74. The van der Waals surface area contributed by atoms with Gasteiger partial charge < -0.3 is 10.1 Å². The number of benzene rings is 2. The van der Waals surface area contributed by atoms with Crippen LogP contribution in [-0.4, -0.2) is 12.6 Å². The maximum absolute atomic E-state index is 5.74. The van der Waals surface area contributed by atoms with Crippen LogP contribution in [-0.2, 0) is 6.54 Å². The van der Waals surface area contributed by atoms with Crippen molar-refractivity contribution in [2.75, 3.05) is 6.61 Å². The van der Waals surface area contributed by atoms with E-state index in [-0.39, 0.29) is 0 Å². The Balaban J connectivity index is 2.29. The first-order valence-electron chi connectivity index (χ1n) is 7.67. The third-order valence-electron chi connectivity index (χ3n) is 3.48. The standard InChI is InChI=1S/C19H25NO/c1-5-21-19-9-7-6-8-18(19)17-11-10-16(12-15(17)4)13-20-14(2)3/h6-12,14,20H,5,13H2,1-4H3. The van der Waals surface area contributed by atoms with Gasteiger partial charge in [-0.15, -0.1) is 0 Å². The predicted octanol–water partition coefficient (Wildman–Crippen LogP) is 4.56. The largest absolute Gasteiger partial charge is 0.493 e. The Bertz CT molecular complexity index is 590. The SMILES string of the molecule is CCOc1ccccc1-c1ccc(CNC(C)C)cc1C. The molecule has 2 heteroatoms. The van der Waals surface area contributed by atoms with Gasteiger partial charge in [0.1, 0.15) is 5.75 Å². The predicted molar refractivity (Wildman–Crippen MR) is 89.8 cm³/mol. The van der Waals surface area contributed by atoms with Crippen LogP contribution in [0.2, 0.25) is 0 Å². The Morgan fingerprint density at radius 2 is 1.81 bits per heavy atom. The molecule has 0 bridgehead atoms. The monoisotopic (exact) mass is 283 g/mol. The molecular formula is C19H25NO. The fraction of sp³-hybridized carbons (Fsp3) is 0.368. The number of nitrogens with one attached hydrogen (secondary N) is 1. The van der Waals surface area contributed by atoms with E-state index in [1.165, 1.54) is 22.3 Å². The summed E-state index contributed by atoms with van der Waals surface area (Å²) in [5, 5.41) is 3.46. The molecule has 2 rings (SSSR count). The quantitative estimate of drug-likeness (QED) is 0.839. The minimum Gasteiger partial charge on any atom is -0.493 e. The molecule has 0 saturated carbocycles. The van der Waals surface area contributed by atoms with Gasteiger partial charge in [0.2, 0.25) is 0 Å². The first-order chi connectivity index (χ1) is 10.1. The topological polar surface area (TPSA) is 21.3 Å². The Labute approximate surface area is 128 Å². The van der Waals surface area contributed by atoms with Crippen LogP contribution >= 0.6 is 0 Å². The molecular weight excluding hydrogens is 258 g/mol. The summed E-state index contributed by atoms with van der Waals surface area (Å²) in [5.74, 6) is 0.955. The fourth-order valence-corrected chi connectivity index (χ4v) is 2.43. The van der Waals surface area contributed by atoms with E-state index in [9.17, 15) is 0 Å². The second kappa shape index (κ2) is 7.28. The zero-order chi connectivity index (χ0) is 15.2. The molecule has 0 aromatic heterocycles. The van der Waals surface area contributed by atoms with Crippen molar-refractivity contribution in [2.45, 2.75) is 40.3 Å². The molecule has 2 aromatic carbocycles. The third kappa shape index (κ3) is 4.08.